The highest BCUT2D eigenvalue weighted by molar-refractivity contribution is 5.80. The third-order valence-corrected chi connectivity index (χ3v) is 28.8. The number of alkyl halides is 2. The van der Waals surface area contributed by atoms with Crippen molar-refractivity contribution >= 4 is 29.4 Å². The predicted molar refractivity (Wildman–Crippen MR) is 533 cm³/mol. The number of aryl methyl sites for hydroxylation is 4. The van der Waals surface area contributed by atoms with Crippen molar-refractivity contribution in [1.82, 2.24) is 24.5 Å². The third-order valence-electron chi connectivity index (χ3n) is 28.8. The molecule has 28 heteroatoms. The van der Waals surface area contributed by atoms with Gasteiger partial charge < -0.3 is 68.5 Å². The number of primary amides is 1. The molecule has 6 unspecified atom stereocenters. The van der Waals surface area contributed by atoms with E-state index < -0.39 is 58.3 Å². The summed E-state index contributed by atoms with van der Waals surface area (Å²) < 4.78 is 157. The molecule has 7 aromatic carbocycles. The summed E-state index contributed by atoms with van der Waals surface area (Å²) in [4.78, 5) is 61.7. The topological polar surface area (TPSA) is 199 Å². The van der Waals surface area contributed by atoms with Crippen LogP contribution < -0.4 is 34.3 Å². The van der Waals surface area contributed by atoms with E-state index in [0.717, 1.165) is 189 Å². The van der Waals surface area contributed by atoms with Crippen molar-refractivity contribution in [3.8, 4) is 28.7 Å². The highest BCUT2D eigenvalue weighted by Crippen LogP contribution is 2.57. The molecule has 3 heterocycles. The number of nitrogens with zero attached hydrogens (tertiary/aromatic N) is 6. The maximum absolute atomic E-state index is 13.8. The van der Waals surface area contributed by atoms with Crippen LogP contribution in [0.1, 0.15) is 250 Å². The van der Waals surface area contributed by atoms with E-state index in [9.17, 15) is 63.8 Å². The molecule has 0 spiro atoms. The van der Waals surface area contributed by atoms with Gasteiger partial charge in [0, 0.05) is 165 Å². The summed E-state index contributed by atoms with van der Waals surface area (Å²) in [6.45, 7) is 37.1. The number of carbonyl (C=O) groups is 4. The van der Waals surface area contributed by atoms with E-state index >= 15 is 0 Å². The largest absolute Gasteiger partial charge is 0.493 e. The molecule has 6 atom stereocenters. The fourth-order valence-electron chi connectivity index (χ4n) is 20.3. The minimum absolute atomic E-state index is 0.0216. The summed E-state index contributed by atoms with van der Waals surface area (Å²) in [5, 5.41) is 10.8. The Balaban J connectivity index is 0.000000158. The van der Waals surface area contributed by atoms with Crippen LogP contribution in [0.5, 0.6) is 28.7 Å². The van der Waals surface area contributed by atoms with Gasteiger partial charge in [-0.1, -0.05) is 126 Å². The molecule has 3 saturated heterocycles. The number of nitrogens with two attached hydrogens (primary N) is 1. The highest BCUT2D eigenvalue weighted by Gasteiger charge is 2.60. The maximum Gasteiger partial charge on any atom is 0.320 e. The Morgan fingerprint density at radius 1 is 0.546 bits per heavy atom. The second-order valence-electron chi connectivity index (χ2n) is 41.2. The van der Waals surface area contributed by atoms with Crippen LogP contribution in [0.2, 0.25) is 0 Å². The van der Waals surface area contributed by atoms with E-state index in [1.807, 2.05) is 100 Å². The molecule has 8 saturated carbocycles. The number of hydrogen-bond donors (Lipinski definition) is 2. The maximum atomic E-state index is 13.8. The SMILES string of the molecule is CCCN(C(=O)CC(C)(CC)CC(N)=O)C1CC1.CCCN(C(=O)CC1(C(C)C)CCOCC1)C1CC1.CCCN(C(=O)N(CC)C1C2CC3CC1CC(O)(C3)C2)C1CC1.CCOCc1ccc(OC2CC2(F)F)cc1.Cc1ccc(CN2CCC(Oc3cc(F)cc(F)c3)C2)cc1.Cc1ccc(OC2CCN(c3cc(F)cc(F)c3F)C2)cc1.Cc1ccc(OCCCOc2cc(F)c(C)cc2F)cc1. The van der Waals surface area contributed by atoms with E-state index in [2.05, 4.69) is 92.3 Å². The van der Waals surface area contributed by atoms with Gasteiger partial charge >= 0.3 is 6.03 Å². The van der Waals surface area contributed by atoms with Gasteiger partial charge in [0.1, 0.15) is 58.5 Å². The van der Waals surface area contributed by atoms with Crippen molar-refractivity contribution in [1.29, 1.82) is 0 Å². The Hall–Kier alpha value is -9.77. The first kappa shape index (κ1) is 112. The van der Waals surface area contributed by atoms with E-state index in [4.69, 9.17) is 38.9 Å². The summed E-state index contributed by atoms with van der Waals surface area (Å²) in [5.41, 5.74) is 10.8. The number of carbonyl (C=O) groups excluding carboxylic acids is 4. The monoisotopic (exact) mass is 1970 g/mol. The number of aliphatic hydroxyl groups is 1. The first-order chi connectivity index (χ1) is 67.3. The van der Waals surface area contributed by atoms with Gasteiger partial charge in [-0.15, -0.1) is 0 Å². The summed E-state index contributed by atoms with van der Waals surface area (Å²) >= 11 is 0. The number of likely N-dealkylation sites (tertiary alicyclic amines) is 1. The molecule has 3 aliphatic heterocycles. The van der Waals surface area contributed by atoms with Gasteiger partial charge in [0.15, 0.2) is 29.3 Å². The molecule has 7 aromatic rings. The third kappa shape index (κ3) is 34.2. The lowest BCUT2D eigenvalue weighted by atomic mass is 9.52. The fourth-order valence-corrected chi connectivity index (χ4v) is 20.3. The minimum Gasteiger partial charge on any atom is -0.493 e. The number of benzene rings is 7. The van der Waals surface area contributed by atoms with Gasteiger partial charge in [0.2, 0.25) is 17.7 Å². The Labute approximate surface area is 830 Å². The number of rotatable bonds is 37. The van der Waals surface area contributed by atoms with Crippen LogP contribution in [-0.4, -0.2) is 193 Å². The molecule has 5 amide bonds. The van der Waals surface area contributed by atoms with E-state index in [1.54, 1.807) is 17.0 Å². The molecular formula is C113H154F9N7O12. The quantitative estimate of drug-likeness (QED) is 0.0212. The van der Waals surface area contributed by atoms with Crippen molar-refractivity contribution < 1.29 is 97.0 Å². The van der Waals surface area contributed by atoms with E-state index in [1.165, 1.54) is 74.3 Å². The standard InChI is InChI=1S/C19H32N2O2.C18H19F2NO.C17H16F3NO.C17H18F2O2.C16H29NO2.C14H26N2O2.C12H14F2O2/c1-3-7-21(16-5-6-16)18(22)20(4-2)17-14-8-13-9-15(17)12-19(23,10-13)11-14;1-13-2-4-14(5-3-13)11-21-7-6-17(12-21)22-18-9-15(19)8-16(20)10-18;1-11-2-4-13(5-3-11)22-14-6-7-21(10-14)16-9-12(18)8-15(19)17(16)20;1-12-4-6-14(7-5-12)20-8-3-9-21-17-11-15(18)13(2)10-16(17)19;1-4-9-17(14-5-6-14)15(18)12-16(13(2)3)7-10-19-11-8-16;1-4-8-16(11-6-7-11)13(18)10-14(3,5-2)9-12(15)17;1-2-15-8-9-3-5-10(6-4-9)16-11-7-12(11,13)14/h13-17,23H,3-12H2,1-2H3;2-5,8-10,17H,6-7,11-12H2,1H3;2-5,8-9,14H,6-7,10H2,1H3;4-7,10-11H,3,8-9H2,1-2H3;13-14H,4-12H2,1-3H3;11H,4-10H2,1-3H3,(H2,15,17);3-6,11H,2,7-8H2,1H3. The van der Waals surface area contributed by atoms with Crippen LogP contribution in [0, 0.1) is 103 Å². The molecule has 3 N–H and O–H groups in total. The Bertz CT molecular complexity index is 5050. The molecule has 19 nitrogen and oxygen atoms in total. The van der Waals surface area contributed by atoms with Crippen LogP contribution in [0.25, 0.3) is 0 Å². The molecule has 8 aliphatic carbocycles. The Morgan fingerprint density at radius 3 is 1.60 bits per heavy atom. The number of urea groups is 1. The number of anilines is 1. The van der Waals surface area contributed by atoms with Gasteiger partial charge in [0.05, 0.1) is 44.1 Å². The molecule has 18 rings (SSSR count). The normalized spacial score (nSPS) is 21.8. The van der Waals surface area contributed by atoms with E-state index in [0.29, 0.717) is 124 Å². The van der Waals surface area contributed by atoms with Gasteiger partial charge in [0.25, 0.3) is 5.92 Å². The molecular weight excluding hydrogens is 1820 g/mol. The molecule has 11 fully saturated rings. The second kappa shape index (κ2) is 52.7. The smallest absolute Gasteiger partial charge is 0.320 e. The second-order valence-corrected chi connectivity index (χ2v) is 41.2. The average Bonchev–Trinajstić information content (AvgIpc) is 1.50. The molecule has 0 aromatic heterocycles. The van der Waals surface area contributed by atoms with Gasteiger partial charge in [-0.2, -0.15) is 0 Å². The van der Waals surface area contributed by atoms with Crippen molar-refractivity contribution in [3.63, 3.8) is 0 Å². The van der Waals surface area contributed by atoms with Crippen molar-refractivity contribution in [2.45, 2.75) is 311 Å². The highest BCUT2D eigenvalue weighted by atomic mass is 19.3. The Kier molecular flexibility index (Phi) is 41.7. The van der Waals surface area contributed by atoms with Crippen molar-refractivity contribution in [3.05, 3.63) is 214 Å². The fraction of sp³-hybridized carbons (Fsp3) is 0.593. The minimum atomic E-state index is -2.63. The average molecular weight is 1970 g/mol. The van der Waals surface area contributed by atoms with Crippen LogP contribution >= 0.6 is 0 Å². The number of halogens is 9. The van der Waals surface area contributed by atoms with Gasteiger partial charge in [-0.05, 0) is 251 Å². The summed E-state index contributed by atoms with van der Waals surface area (Å²) in [7, 11) is 0. The van der Waals surface area contributed by atoms with Crippen LogP contribution in [0.15, 0.2) is 140 Å². The van der Waals surface area contributed by atoms with Crippen LogP contribution in [0.3, 0.4) is 0 Å². The molecule has 4 bridgehead atoms. The molecule has 0 radical (unpaired) electrons. The molecule has 11 aliphatic rings. The zero-order valence-corrected chi connectivity index (χ0v) is 85.3. The lowest BCUT2D eigenvalue weighted by Crippen LogP contribution is -2.64. The predicted octanol–water partition coefficient (Wildman–Crippen LogP) is 24.0. The molecule has 776 valence electrons. The number of amides is 5. The lowest BCUT2D eigenvalue weighted by Gasteiger charge is -2.60. The zero-order valence-electron chi connectivity index (χ0n) is 85.3. The lowest BCUT2D eigenvalue weighted by molar-refractivity contribution is -0.154. The van der Waals surface area contributed by atoms with Gasteiger partial charge in [-0.25, -0.2) is 44.3 Å². The summed E-state index contributed by atoms with van der Waals surface area (Å²) in [6.07, 6.45) is 20.6. The van der Waals surface area contributed by atoms with Crippen LogP contribution in [0.4, 0.5) is 50.0 Å². The summed E-state index contributed by atoms with van der Waals surface area (Å²) in [5.74, 6) is -3.05. The number of ether oxygens (including phenoxy) is 7. The summed E-state index contributed by atoms with van der Waals surface area (Å²) in [6, 6.07) is 40.1. The first-order valence-corrected chi connectivity index (χ1v) is 51.6. The molecule has 141 heavy (non-hydrogen) atoms. The van der Waals surface area contributed by atoms with Crippen molar-refractivity contribution in [2.24, 2.45) is 40.2 Å². The zero-order chi connectivity index (χ0) is 102. The first-order valence-electron chi connectivity index (χ1n) is 51.6. The number of hydrogen-bond acceptors (Lipinski definition) is 14. The Morgan fingerprint density at radius 2 is 1.06 bits per heavy atom. The van der Waals surface area contributed by atoms with Crippen molar-refractivity contribution in [2.75, 3.05) is 90.3 Å². The van der Waals surface area contributed by atoms with E-state index in [-0.39, 0.29) is 76.7 Å². The van der Waals surface area contributed by atoms with Crippen LogP contribution in [-0.2, 0) is 37.0 Å². The van der Waals surface area contributed by atoms with Gasteiger partial charge in [-0.3, -0.25) is 19.3 Å².